The van der Waals surface area contributed by atoms with Crippen molar-refractivity contribution < 1.29 is 9.53 Å². The number of halogens is 1. The monoisotopic (exact) mass is 319 g/mol. The van der Waals surface area contributed by atoms with Gasteiger partial charge in [-0.1, -0.05) is 34.1 Å². The van der Waals surface area contributed by atoms with Crippen LogP contribution >= 0.6 is 15.9 Å². The van der Waals surface area contributed by atoms with Gasteiger partial charge in [0.1, 0.15) is 5.75 Å². The Bertz CT molecular complexity index is 584. The Morgan fingerprint density at radius 3 is 2.84 bits per heavy atom. The van der Waals surface area contributed by atoms with Gasteiger partial charge in [0.05, 0.1) is 12.8 Å². The minimum atomic E-state index is 0.0287. The van der Waals surface area contributed by atoms with Crippen LogP contribution in [-0.2, 0) is 6.42 Å². The number of ketones is 1. The average Bonchev–Trinajstić information content (AvgIpc) is 2.42. The first kappa shape index (κ1) is 13.7. The molecule has 2 rings (SSSR count). The van der Waals surface area contributed by atoms with Gasteiger partial charge in [-0.2, -0.15) is 0 Å². The molecule has 19 heavy (non-hydrogen) atoms. The molecule has 2 aromatic rings. The number of carbonyl (C=O) groups excluding carboxylic acids is 1. The molecule has 0 spiro atoms. The van der Waals surface area contributed by atoms with E-state index >= 15 is 0 Å². The maximum absolute atomic E-state index is 12.2. The smallest absolute Gasteiger partial charge is 0.168 e. The van der Waals surface area contributed by atoms with E-state index in [0.29, 0.717) is 24.3 Å². The van der Waals surface area contributed by atoms with Gasteiger partial charge in [0.25, 0.3) is 0 Å². The lowest BCUT2D eigenvalue weighted by Crippen LogP contribution is -2.05. The van der Waals surface area contributed by atoms with E-state index in [0.717, 1.165) is 10.0 Å². The first-order chi connectivity index (χ1) is 9.20. The molecular weight excluding hydrogens is 306 g/mol. The van der Waals surface area contributed by atoms with E-state index in [-0.39, 0.29) is 5.78 Å². The summed E-state index contributed by atoms with van der Waals surface area (Å²) in [4.78, 5) is 16.2. The van der Waals surface area contributed by atoms with Gasteiger partial charge >= 0.3 is 0 Å². The highest BCUT2D eigenvalue weighted by atomic mass is 79.9. The Balaban J connectivity index is 2.16. The lowest BCUT2D eigenvalue weighted by molar-refractivity contribution is 0.0992. The molecule has 0 aliphatic carbocycles. The van der Waals surface area contributed by atoms with Crippen LogP contribution in [0.1, 0.15) is 22.8 Å². The highest BCUT2D eigenvalue weighted by Crippen LogP contribution is 2.19. The molecule has 0 saturated heterocycles. The summed E-state index contributed by atoms with van der Waals surface area (Å²) >= 11 is 3.44. The molecule has 98 valence electrons. The molecule has 1 aromatic heterocycles. The summed E-state index contributed by atoms with van der Waals surface area (Å²) in [6.45, 7) is 2.46. The zero-order valence-corrected chi connectivity index (χ0v) is 12.2. The Hall–Kier alpha value is -1.68. The fourth-order valence-corrected chi connectivity index (χ4v) is 2.16. The summed E-state index contributed by atoms with van der Waals surface area (Å²) < 4.78 is 6.29. The number of hydrogen-bond acceptors (Lipinski definition) is 3. The number of hydrogen-bond donors (Lipinski definition) is 0. The molecule has 0 atom stereocenters. The van der Waals surface area contributed by atoms with Gasteiger partial charge < -0.3 is 4.74 Å². The molecule has 3 nitrogen and oxygen atoms in total. The molecule has 0 amide bonds. The van der Waals surface area contributed by atoms with E-state index in [1.54, 1.807) is 18.5 Å². The Morgan fingerprint density at radius 1 is 1.32 bits per heavy atom. The maximum Gasteiger partial charge on any atom is 0.168 e. The quantitative estimate of drug-likeness (QED) is 0.789. The number of ether oxygens (including phenoxy) is 1. The van der Waals surface area contributed by atoms with Crippen molar-refractivity contribution >= 4 is 21.7 Å². The SMILES string of the molecule is CCOc1cncc(C(=O)Cc2ccccc2Br)c1. The predicted molar refractivity (Wildman–Crippen MR) is 77.6 cm³/mol. The van der Waals surface area contributed by atoms with Crippen LogP contribution in [0.4, 0.5) is 0 Å². The van der Waals surface area contributed by atoms with Crippen LogP contribution < -0.4 is 4.74 Å². The number of rotatable bonds is 5. The Morgan fingerprint density at radius 2 is 2.11 bits per heavy atom. The van der Waals surface area contributed by atoms with Crippen LogP contribution in [0.2, 0.25) is 0 Å². The highest BCUT2D eigenvalue weighted by molar-refractivity contribution is 9.10. The molecule has 1 heterocycles. The molecule has 0 fully saturated rings. The van der Waals surface area contributed by atoms with Crippen LogP contribution in [0.3, 0.4) is 0 Å². The van der Waals surface area contributed by atoms with Gasteiger partial charge in [-0.05, 0) is 24.6 Å². The van der Waals surface area contributed by atoms with Crippen molar-refractivity contribution in [2.75, 3.05) is 6.61 Å². The number of pyridine rings is 1. The van der Waals surface area contributed by atoms with Gasteiger partial charge in [0.2, 0.25) is 0 Å². The normalized spacial score (nSPS) is 10.2. The molecule has 0 aliphatic heterocycles. The molecule has 1 aromatic carbocycles. The van der Waals surface area contributed by atoms with Gasteiger partial charge in [-0.15, -0.1) is 0 Å². The first-order valence-electron chi connectivity index (χ1n) is 6.05. The van der Waals surface area contributed by atoms with Crippen LogP contribution in [0.5, 0.6) is 5.75 Å². The van der Waals surface area contributed by atoms with Crippen molar-refractivity contribution in [1.29, 1.82) is 0 Å². The van der Waals surface area contributed by atoms with Crippen molar-refractivity contribution in [3.8, 4) is 5.75 Å². The number of Topliss-reactive ketones (excluding diaryl/α,β-unsaturated/α-hetero) is 1. The fraction of sp³-hybridized carbons (Fsp3) is 0.200. The van der Waals surface area contributed by atoms with Crippen molar-refractivity contribution in [2.24, 2.45) is 0 Å². The first-order valence-corrected chi connectivity index (χ1v) is 6.84. The minimum Gasteiger partial charge on any atom is -0.492 e. The number of benzene rings is 1. The lowest BCUT2D eigenvalue weighted by Gasteiger charge is -2.06. The van der Waals surface area contributed by atoms with Crippen molar-refractivity contribution in [1.82, 2.24) is 4.98 Å². The van der Waals surface area contributed by atoms with E-state index in [2.05, 4.69) is 20.9 Å². The summed E-state index contributed by atoms with van der Waals surface area (Å²) in [6.07, 6.45) is 3.53. The summed E-state index contributed by atoms with van der Waals surface area (Å²) in [7, 11) is 0. The van der Waals surface area contributed by atoms with E-state index in [4.69, 9.17) is 4.74 Å². The van der Waals surface area contributed by atoms with Crippen LogP contribution in [0, 0.1) is 0 Å². The van der Waals surface area contributed by atoms with Gasteiger partial charge in [-0.25, -0.2) is 0 Å². The molecule has 0 radical (unpaired) electrons. The number of carbonyl (C=O) groups is 1. The third kappa shape index (κ3) is 3.64. The molecular formula is C15H14BrNO2. The zero-order valence-electron chi connectivity index (χ0n) is 10.6. The van der Waals surface area contributed by atoms with Crippen molar-refractivity contribution in [3.63, 3.8) is 0 Å². The van der Waals surface area contributed by atoms with Crippen LogP contribution in [0.15, 0.2) is 47.2 Å². The largest absolute Gasteiger partial charge is 0.492 e. The Kier molecular flexibility index (Phi) is 4.68. The van der Waals surface area contributed by atoms with Gasteiger partial charge in [-0.3, -0.25) is 9.78 Å². The second-order valence-electron chi connectivity index (χ2n) is 4.03. The van der Waals surface area contributed by atoms with Crippen LogP contribution in [0.25, 0.3) is 0 Å². The summed E-state index contributed by atoms with van der Waals surface area (Å²) in [6, 6.07) is 9.44. The second-order valence-corrected chi connectivity index (χ2v) is 4.89. The van der Waals surface area contributed by atoms with E-state index < -0.39 is 0 Å². The average molecular weight is 320 g/mol. The number of aromatic nitrogens is 1. The summed E-state index contributed by atoms with van der Waals surface area (Å²) in [5.74, 6) is 0.654. The molecule has 0 unspecified atom stereocenters. The standard InChI is InChI=1S/C15H14BrNO2/c1-2-19-13-7-12(9-17-10-13)15(18)8-11-5-3-4-6-14(11)16/h3-7,9-10H,2,8H2,1H3. The fourth-order valence-electron chi connectivity index (χ4n) is 1.73. The van der Waals surface area contributed by atoms with E-state index in [9.17, 15) is 4.79 Å². The topological polar surface area (TPSA) is 39.2 Å². The molecule has 0 aliphatic rings. The summed E-state index contributed by atoms with van der Waals surface area (Å²) in [5, 5.41) is 0. The molecule has 0 saturated carbocycles. The minimum absolute atomic E-state index is 0.0287. The highest BCUT2D eigenvalue weighted by Gasteiger charge is 2.10. The van der Waals surface area contributed by atoms with Crippen LogP contribution in [-0.4, -0.2) is 17.4 Å². The Labute approximate surface area is 120 Å². The van der Waals surface area contributed by atoms with E-state index in [1.165, 1.54) is 0 Å². The van der Waals surface area contributed by atoms with Gasteiger partial charge in [0.15, 0.2) is 5.78 Å². The second kappa shape index (κ2) is 6.48. The number of nitrogens with zero attached hydrogens (tertiary/aromatic N) is 1. The molecule has 4 heteroatoms. The van der Waals surface area contributed by atoms with Crippen molar-refractivity contribution in [2.45, 2.75) is 13.3 Å². The molecule has 0 N–H and O–H groups in total. The third-order valence-corrected chi connectivity index (χ3v) is 3.43. The maximum atomic E-state index is 12.2. The molecule has 0 bridgehead atoms. The van der Waals surface area contributed by atoms with E-state index in [1.807, 2.05) is 31.2 Å². The summed E-state index contributed by atoms with van der Waals surface area (Å²) in [5.41, 5.74) is 1.54. The lowest BCUT2D eigenvalue weighted by atomic mass is 10.0. The third-order valence-electron chi connectivity index (χ3n) is 2.65. The van der Waals surface area contributed by atoms with Gasteiger partial charge in [0, 0.05) is 22.7 Å². The van der Waals surface area contributed by atoms with Crippen molar-refractivity contribution in [3.05, 3.63) is 58.3 Å². The zero-order chi connectivity index (χ0) is 13.7. The predicted octanol–water partition coefficient (Wildman–Crippen LogP) is 3.67.